The zero-order chi connectivity index (χ0) is 28.5. The maximum atomic E-state index is 13.9. The molecule has 3 aromatic carbocycles. The monoisotopic (exact) mass is 564 g/mol. The molecule has 4 atom stereocenters. The first-order valence-electron chi connectivity index (χ1n) is 15.7. The summed E-state index contributed by atoms with van der Waals surface area (Å²) in [6.07, 6.45) is 4.25. The number of aromatic nitrogens is 1. The SMILES string of the molecule is CC(C)c1ccc2c(c1)c1c(n2Cc2ccc(F)cc2)[C@@H]2Oc3c(O)ccc4c3[C@@]23CCN(CC2CC2)[C@@H](C4)[C@]3(O)C1. The summed E-state index contributed by atoms with van der Waals surface area (Å²) in [6, 6.07) is 17.3. The molecule has 2 fully saturated rings. The van der Waals surface area contributed by atoms with Crippen molar-refractivity contribution in [1.29, 1.82) is 0 Å². The van der Waals surface area contributed by atoms with Gasteiger partial charge in [-0.25, -0.2) is 4.39 Å². The van der Waals surface area contributed by atoms with Crippen molar-refractivity contribution in [2.45, 2.75) is 81.6 Å². The molecule has 2 bridgehead atoms. The average molecular weight is 565 g/mol. The molecule has 1 spiro atoms. The Hall–Kier alpha value is -3.35. The molecule has 0 amide bonds. The molecule has 1 aromatic heterocycles. The highest BCUT2D eigenvalue weighted by molar-refractivity contribution is 5.88. The van der Waals surface area contributed by atoms with Crippen molar-refractivity contribution in [3.05, 3.63) is 93.9 Å². The van der Waals surface area contributed by atoms with Gasteiger partial charge in [-0.15, -0.1) is 0 Å². The van der Waals surface area contributed by atoms with Gasteiger partial charge in [0.1, 0.15) is 5.82 Å². The summed E-state index contributed by atoms with van der Waals surface area (Å²) < 4.78 is 23.2. The van der Waals surface area contributed by atoms with E-state index in [-0.39, 0.29) is 17.6 Å². The van der Waals surface area contributed by atoms with Gasteiger partial charge in [-0.3, -0.25) is 4.90 Å². The molecule has 4 aromatic rings. The molecule has 5 aliphatic rings. The molecule has 3 aliphatic carbocycles. The highest BCUT2D eigenvalue weighted by Crippen LogP contribution is 2.69. The lowest BCUT2D eigenvalue weighted by Gasteiger charge is -2.63. The van der Waals surface area contributed by atoms with Crippen LogP contribution >= 0.6 is 0 Å². The van der Waals surface area contributed by atoms with E-state index in [0.717, 1.165) is 59.8 Å². The maximum absolute atomic E-state index is 13.9. The number of hydrogen-bond donors (Lipinski definition) is 2. The third-order valence-corrected chi connectivity index (χ3v) is 11.4. The number of rotatable bonds is 5. The van der Waals surface area contributed by atoms with Crippen LogP contribution in [0, 0.1) is 11.7 Å². The van der Waals surface area contributed by atoms with Gasteiger partial charge in [0.25, 0.3) is 0 Å². The Kier molecular flexibility index (Phi) is 5.03. The summed E-state index contributed by atoms with van der Waals surface area (Å²) in [4.78, 5) is 2.58. The van der Waals surface area contributed by atoms with Gasteiger partial charge < -0.3 is 19.5 Å². The molecule has 0 unspecified atom stereocenters. The second kappa shape index (κ2) is 8.39. The Labute approximate surface area is 245 Å². The quantitative estimate of drug-likeness (QED) is 0.296. The van der Waals surface area contributed by atoms with Gasteiger partial charge in [0, 0.05) is 42.0 Å². The highest BCUT2D eigenvalue weighted by Gasteiger charge is 2.73. The zero-order valence-electron chi connectivity index (χ0n) is 24.2. The first kappa shape index (κ1) is 25.2. The number of aromatic hydroxyl groups is 1. The molecule has 6 heteroatoms. The van der Waals surface area contributed by atoms with Crippen LogP contribution in [-0.2, 0) is 24.8 Å². The number of benzene rings is 3. The molecule has 2 aliphatic heterocycles. The Morgan fingerprint density at radius 1 is 1.07 bits per heavy atom. The molecule has 3 heterocycles. The van der Waals surface area contributed by atoms with Crippen molar-refractivity contribution in [1.82, 2.24) is 9.47 Å². The molecular formula is C36H37FN2O3. The normalized spacial score (nSPS) is 29.1. The van der Waals surface area contributed by atoms with E-state index in [9.17, 15) is 14.6 Å². The Morgan fingerprint density at radius 3 is 2.64 bits per heavy atom. The standard InChI is InChI=1S/C36H37FN2O3/c1-20(2)23-7-11-28-26(15-23)27-17-36(41)30-16-24-8-12-29(40)33-31(24)35(36,13-14-38(30)18-21-3-4-21)34(42-33)32(27)39(28)19-22-5-9-25(37)10-6-22/h5-12,15,20-21,30,34,40-41H,3-4,13-14,16-19H2,1-2H3/t30-,34-,35-,36+/m0/s1. The Bertz CT molecular complexity index is 1770. The number of aliphatic hydroxyl groups is 1. The minimum Gasteiger partial charge on any atom is -0.504 e. The van der Waals surface area contributed by atoms with E-state index in [1.54, 1.807) is 6.07 Å². The number of phenolic OH excluding ortho intramolecular Hbond substituents is 1. The van der Waals surface area contributed by atoms with Gasteiger partial charge in [0.05, 0.1) is 16.7 Å². The molecule has 0 radical (unpaired) electrons. The summed E-state index contributed by atoms with van der Waals surface area (Å²) in [7, 11) is 0. The first-order valence-corrected chi connectivity index (χ1v) is 15.7. The lowest BCUT2D eigenvalue weighted by molar-refractivity contribution is -0.173. The van der Waals surface area contributed by atoms with Crippen LogP contribution in [0.3, 0.4) is 0 Å². The third kappa shape index (κ3) is 3.15. The van der Waals surface area contributed by atoms with Gasteiger partial charge >= 0.3 is 0 Å². The molecule has 2 N–H and O–H groups in total. The molecule has 1 saturated carbocycles. The van der Waals surface area contributed by atoms with E-state index in [2.05, 4.69) is 47.6 Å². The summed E-state index contributed by atoms with van der Waals surface area (Å²) >= 11 is 0. The fourth-order valence-corrected chi connectivity index (χ4v) is 9.17. The molecule has 42 heavy (non-hydrogen) atoms. The lowest BCUT2D eigenvalue weighted by Crippen LogP contribution is -2.74. The van der Waals surface area contributed by atoms with Crippen LogP contribution in [0.4, 0.5) is 4.39 Å². The summed E-state index contributed by atoms with van der Waals surface area (Å²) in [5, 5.41) is 25.6. The van der Waals surface area contributed by atoms with Crippen molar-refractivity contribution in [2.24, 2.45) is 5.92 Å². The number of halogens is 1. The molecule has 1 saturated heterocycles. The first-order chi connectivity index (χ1) is 20.3. The smallest absolute Gasteiger partial charge is 0.166 e. The van der Waals surface area contributed by atoms with E-state index in [0.29, 0.717) is 24.6 Å². The Morgan fingerprint density at radius 2 is 1.88 bits per heavy atom. The predicted molar refractivity (Wildman–Crippen MR) is 160 cm³/mol. The van der Waals surface area contributed by atoms with Crippen molar-refractivity contribution in [2.75, 3.05) is 13.1 Å². The van der Waals surface area contributed by atoms with Crippen molar-refractivity contribution in [3.8, 4) is 11.5 Å². The number of ether oxygens (including phenoxy) is 1. The summed E-state index contributed by atoms with van der Waals surface area (Å²) in [5.41, 5.74) is 6.23. The molecule has 5 nitrogen and oxygen atoms in total. The fraction of sp³-hybridized carbons (Fsp3) is 0.444. The van der Waals surface area contributed by atoms with Crippen LogP contribution in [0.1, 0.15) is 78.6 Å². The number of phenols is 1. The molecule has 9 rings (SSSR count). The summed E-state index contributed by atoms with van der Waals surface area (Å²) in [5.74, 6) is 1.58. The van der Waals surface area contributed by atoms with Crippen molar-refractivity contribution < 1.29 is 19.3 Å². The molecule has 216 valence electrons. The van der Waals surface area contributed by atoms with E-state index in [1.165, 1.54) is 41.5 Å². The number of piperidine rings is 1. The predicted octanol–water partition coefficient (Wildman–Crippen LogP) is 6.36. The van der Waals surface area contributed by atoms with Crippen LogP contribution in [0.5, 0.6) is 11.5 Å². The second-order valence-corrected chi connectivity index (χ2v) is 13.9. The van der Waals surface area contributed by atoms with Crippen LogP contribution in [0.25, 0.3) is 10.9 Å². The van der Waals surface area contributed by atoms with Crippen LogP contribution in [0.2, 0.25) is 0 Å². The second-order valence-electron chi connectivity index (χ2n) is 13.9. The average Bonchev–Trinajstić information content (AvgIpc) is 3.65. The van der Waals surface area contributed by atoms with E-state index >= 15 is 0 Å². The lowest BCUT2D eigenvalue weighted by atomic mass is 9.49. The van der Waals surface area contributed by atoms with Gasteiger partial charge in [-0.05, 0) is 96.6 Å². The number of fused-ring (bicyclic) bond motifs is 4. The van der Waals surface area contributed by atoms with Gasteiger partial charge in [0.15, 0.2) is 17.6 Å². The summed E-state index contributed by atoms with van der Waals surface area (Å²) in [6.45, 7) is 6.98. The van der Waals surface area contributed by atoms with E-state index in [1.807, 2.05) is 12.1 Å². The Balaban J connectivity index is 1.31. The van der Waals surface area contributed by atoms with Gasteiger partial charge in [0.2, 0.25) is 0 Å². The minimum atomic E-state index is -1.02. The number of likely N-dealkylation sites (tertiary alicyclic amines) is 1. The molecular weight excluding hydrogens is 527 g/mol. The van der Waals surface area contributed by atoms with E-state index in [4.69, 9.17) is 4.74 Å². The van der Waals surface area contributed by atoms with E-state index < -0.39 is 17.1 Å². The number of hydrogen-bond acceptors (Lipinski definition) is 4. The van der Waals surface area contributed by atoms with Crippen LogP contribution in [-0.4, -0.2) is 44.4 Å². The van der Waals surface area contributed by atoms with Crippen molar-refractivity contribution >= 4 is 10.9 Å². The zero-order valence-corrected chi connectivity index (χ0v) is 24.2. The highest BCUT2D eigenvalue weighted by atomic mass is 19.1. The van der Waals surface area contributed by atoms with Gasteiger partial charge in [-0.1, -0.05) is 38.1 Å². The third-order valence-electron chi connectivity index (χ3n) is 11.4. The topological polar surface area (TPSA) is 57.9 Å². The number of nitrogens with zero attached hydrogens (tertiary/aromatic N) is 2. The van der Waals surface area contributed by atoms with Crippen LogP contribution < -0.4 is 4.74 Å². The van der Waals surface area contributed by atoms with Gasteiger partial charge in [-0.2, -0.15) is 0 Å². The largest absolute Gasteiger partial charge is 0.504 e. The maximum Gasteiger partial charge on any atom is 0.166 e. The fourth-order valence-electron chi connectivity index (χ4n) is 9.17. The minimum absolute atomic E-state index is 0.00197. The van der Waals surface area contributed by atoms with Crippen molar-refractivity contribution in [3.63, 3.8) is 0 Å². The van der Waals surface area contributed by atoms with Crippen LogP contribution in [0.15, 0.2) is 54.6 Å².